The topological polar surface area (TPSA) is 121 Å². The Labute approximate surface area is 224 Å². The molecule has 0 atom stereocenters. The van der Waals surface area contributed by atoms with E-state index < -0.39 is 0 Å². The highest BCUT2D eigenvalue weighted by Crippen LogP contribution is 2.26. The Bertz CT molecular complexity index is 1350. The minimum absolute atomic E-state index is 0.0188. The molecule has 0 radical (unpaired) electrons. The zero-order chi connectivity index (χ0) is 27.3. The van der Waals surface area contributed by atoms with E-state index in [0.717, 1.165) is 43.0 Å². The molecule has 3 aromatic rings. The average Bonchev–Trinajstić information content (AvgIpc) is 2.90. The number of aromatic nitrogens is 2. The first-order valence-corrected chi connectivity index (χ1v) is 12.7. The Hall–Kier alpha value is -4.24. The number of carbonyl (C=O) groups is 1. The summed E-state index contributed by atoms with van der Waals surface area (Å²) < 4.78 is 0. The van der Waals surface area contributed by atoms with Crippen LogP contribution in [-0.4, -0.2) is 47.9 Å². The van der Waals surface area contributed by atoms with Gasteiger partial charge in [-0.05, 0) is 53.9 Å². The molecule has 2 heterocycles. The molecular formula is C29H36N8O. The van der Waals surface area contributed by atoms with E-state index in [1.54, 1.807) is 24.5 Å². The number of nitrogens with zero attached hydrogens (tertiary/aromatic N) is 4. The Kier molecular flexibility index (Phi) is 8.07. The number of hydrogen-bond donors (Lipinski definition) is 4. The quantitative estimate of drug-likeness (QED) is 0.275. The van der Waals surface area contributed by atoms with Crippen molar-refractivity contribution in [3.63, 3.8) is 0 Å². The van der Waals surface area contributed by atoms with Crippen LogP contribution in [0.25, 0.3) is 0 Å². The number of carbonyl (C=O) groups excluding carboxylic acids is 1. The van der Waals surface area contributed by atoms with Crippen LogP contribution in [0.2, 0.25) is 0 Å². The maximum Gasteiger partial charge on any atom is 0.255 e. The van der Waals surface area contributed by atoms with Gasteiger partial charge in [0.25, 0.3) is 5.91 Å². The van der Waals surface area contributed by atoms with E-state index in [4.69, 9.17) is 10.7 Å². The second-order valence-electron chi connectivity index (χ2n) is 10.3. The van der Waals surface area contributed by atoms with Crippen molar-refractivity contribution in [2.75, 3.05) is 41.7 Å². The van der Waals surface area contributed by atoms with E-state index in [9.17, 15) is 4.79 Å². The molecule has 38 heavy (non-hydrogen) atoms. The summed E-state index contributed by atoms with van der Waals surface area (Å²) >= 11 is 0. The zero-order valence-electron chi connectivity index (χ0n) is 22.5. The Morgan fingerprint density at radius 3 is 2.66 bits per heavy atom. The number of nitrogens with two attached hydrogens (primary N) is 1. The number of amidine groups is 1. The van der Waals surface area contributed by atoms with Crippen LogP contribution in [-0.2, 0) is 5.41 Å². The lowest BCUT2D eigenvalue weighted by molar-refractivity contribution is 0.102. The number of anilines is 3. The zero-order valence-corrected chi connectivity index (χ0v) is 22.5. The van der Waals surface area contributed by atoms with E-state index >= 15 is 0 Å². The molecule has 1 amide bonds. The molecule has 1 aromatic heterocycles. The van der Waals surface area contributed by atoms with Gasteiger partial charge in [-0.15, -0.1) is 0 Å². The number of benzene rings is 2. The Morgan fingerprint density at radius 1 is 1.18 bits per heavy atom. The summed E-state index contributed by atoms with van der Waals surface area (Å²) in [6.07, 6.45) is 3.23. The summed E-state index contributed by atoms with van der Waals surface area (Å²) in [5.41, 5.74) is 11.4. The van der Waals surface area contributed by atoms with E-state index in [2.05, 4.69) is 64.2 Å². The number of nitrogens with one attached hydrogen (secondary N) is 3. The Balaban J connectivity index is 1.62. The second kappa shape index (κ2) is 11.4. The number of rotatable bonds is 7. The highest BCUT2D eigenvalue weighted by molar-refractivity contribution is 6.06. The van der Waals surface area contributed by atoms with Crippen molar-refractivity contribution in [1.82, 2.24) is 15.3 Å². The van der Waals surface area contributed by atoms with Crippen molar-refractivity contribution >= 4 is 34.8 Å². The number of aryl methyl sites for hydroxylation is 1. The van der Waals surface area contributed by atoms with Crippen LogP contribution in [0.3, 0.4) is 0 Å². The van der Waals surface area contributed by atoms with Crippen molar-refractivity contribution in [3.8, 4) is 0 Å². The minimum Gasteiger partial charge on any atom is -0.382 e. The van der Waals surface area contributed by atoms with Crippen LogP contribution in [0.15, 0.2) is 66.4 Å². The van der Waals surface area contributed by atoms with E-state index in [1.165, 1.54) is 0 Å². The van der Waals surface area contributed by atoms with Crippen molar-refractivity contribution in [3.05, 3.63) is 83.8 Å². The van der Waals surface area contributed by atoms with Gasteiger partial charge in [0.1, 0.15) is 5.69 Å². The molecule has 1 fully saturated rings. The van der Waals surface area contributed by atoms with Crippen molar-refractivity contribution in [2.45, 2.75) is 33.1 Å². The molecule has 2 aromatic carbocycles. The molecule has 0 saturated carbocycles. The van der Waals surface area contributed by atoms with Gasteiger partial charge in [-0.3, -0.25) is 4.79 Å². The molecule has 0 spiro atoms. The molecule has 0 bridgehead atoms. The van der Waals surface area contributed by atoms with Crippen LogP contribution in [0.4, 0.5) is 23.0 Å². The molecule has 1 saturated heterocycles. The van der Waals surface area contributed by atoms with Gasteiger partial charge in [0, 0.05) is 37.4 Å². The summed E-state index contributed by atoms with van der Waals surface area (Å²) in [6.45, 7) is 15.4. The summed E-state index contributed by atoms with van der Waals surface area (Å²) in [5, 5.41) is 9.37. The van der Waals surface area contributed by atoms with Gasteiger partial charge in [0.05, 0.1) is 17.6 Å². The summed E-state index contributed by atoms with van der Waals surface area (Å²) in [4.78, 5) is 29.1. The van der Waals surface area contributed by atoms with Gasteiger partial charge in [-0.1, -0.05) is 45.5 Å². The lowest BCUT2D eigenvalue weighted by Gasteiger charge is -2.27. The van der Waals surface area contributed by atoms with Gasteiger partial charge < -0.3 is 26.6 Å². The molecule has 198 valence electrons. The summed E-state index contributed by atoms with van der Waals surface area (Å²) in [6, 6.07) is 13.3. The number of hydrogen-bond acceptors (Lipinski definition) is 7. The van der Waals surface area contributed by atoms with Crippen LogP contribution in [0, 0.1) is 6.92 Å². The van der Waals surface area contributed by atoms with Crippen LogP contribution in [0.1, 0.15) is 48.0 Å². The molecule has 9 nitrogen and oxygen atoms in total. The first kappa shape index (κ1) is 26.8. The Morgan fingerprint density at radius 2 is 1.95 bits per heavy atom. The number of piperazine rings is 1. The average molecular weight is 513 g/mol. The SMILES string of the molecule is C=CNc1cnc(N2CCNCC2)nc1C(N)=Nc1cc(C(=O)Nc2cccc(C(C)(C)C)c2)ccc1C. The molecule has 0 aliphatic carbocycles. The fourth-order valence-electron chi connectivity index (χ4n) is 4.12. The van der Waals surface area contributed by atoms with Crippen molar-refractivity contribution in [1.29, 1.82) is 0 Å². The van der Waals surface area contributed by atoms with Crippen LogP contribution < -0.4 is 26.6 Å². The maximum absolute atomic E-state index is 13.1. The molecule has 9 heteroatoms. The standard InChI is InChI=1S/C29H36N8O/c1-6-32-24-18-33-28(37-14-12-31-13-15-37)36-25(24)26(30)35-23-16-20(11-10-19(23)2)27(38)34-22-9-7-8-21(17-22)29(3,4)5/h6-11,16-18,31-32H,1,12-15H2,2-5H3,(H2,30,35)(H,34,38). The molecule has 5 N–H and O–H groups in total. The lowest BCUT2D eigenvalue weighted by atomic mass is 9.87. The second-order valence-corrected chi connectivity index (χ2v) is 10.3. The van der Waals surface area contributed by atoms with E-state index in [-0.39, 0.29) is 17.2 Å². The normalized spacial score (nSPS) is 14.2. The van der Waals surface area contributed by atoms with Gasteiger partial charge in [-0.25, -0.2) is 15.0 Å². The lowest BCUT2D eigenvalue weighted by Crippen LogP contribution is -2.44. The molecule has 0 unspecified atom stereocenters. The number of amides is 1. The smallest absolute Gasteiger partial charge is 0.255 e. The first-order chi connectivity index (χ1) is 18.2. The van der Waals surface area contributed by atoms with Gasteiger partial charge >= 0.3 is 0 Å². The largest absolute Gasteiger partial charge is 0.382 e. The van der Waals surface area contributed by atoms with Crippen LogP contribution >= 0.6 is 0 Å². The van der Waals surface area contributed by atoms with Gasteiger partial charge in [0.15, 0.2) is 5.84 Å². The first-order valence-electron chi connectivity index (χ1n) is 12.7. The van der Waals surface area contributed by atoms with Crippen LogP contribution in [0.5, 0.6) is 0 Å². The molecule has 4 rings (SSSR count). The molecule has 1 aliphatic rings. The fourth-order valence-corrected chi connectivity index (χ4v) is 4.12. The minimum atomic E-state index is -0.219. The summed E-state index contributed by atoms with van der Waals surface area (Å²) in [7, 11) is 0. The summed E-state index contributed by atoms with van der Waals surface area (Å²) in [5.74, 6) is 0.589. The fraction of sp³-hybridized carbons (Fsp3) is 0.310. The van der Waals surface area contributed by atoms with E-state index in [0.29, 0.717) is 28.6 Å². The van der Waals surface area contributed by atoms with Gasteiger partial charge in [0.2, 0.25) is 5.95 Å². The molecular weight excluding hydrogens is 476 g/mol. The highest BCUT2D eigenvalue weighted by Gasteiger charge is 2.18. The predicted octanol–water partition coefficient (Wildman–Crippen LogP) is 4.34. The number of aliphatic imine (C=N–C) groups is 1. The third kappa shape index (κ3) is 6.36. The highest BCUT2D eigenvalue weighted by atomic mass is 16.1. The van der Waals surface area contributed by atoms with E-state index in [1.807, 2.05) is 31.2 Å². The van der Waals surface area contributed by atoms with Gasteiger partial charge in [-0.2, -0.15) is 0 Å². The third-order valence-corrected chi connectivity index (χ3v) is 6.37. The maximum atomic E-state index is 13.1. The van der Waals surface area contributed by atoms with Crippen molar-refractivity contribution < 1.29 is 4.79 Å². The third-order valence-electron chi connectivity index (χ3n) is 6.37. The molecule has 1 aliphatic heterocycles. The van der Waals surface area contributed by atoms with Crippen molar-refractivity contribution in [2.24, 2.45) is 10.7 Å². The predicted molar refractivity (Wildman–Crippen MR) is 156 cm³/mol. The monoisotopic (exact) mass is 512 g/mol.